The third-order valence-corrected chi connectivity index (χ3v) is 12.2. The third kappa shape index (κ3) is 5.42. The number of benzene rings is 2. The number of hydrogen-bond acceptors (Lipinski definition) is 6. The molecule has 252 valence electrons. The van der Waals surface area contributed by atoms with Crippen molar-refractivity contribution in [2.75, 3.05) is 16.2 Å². The Labute approximate surface area is 271 Å². The predicted molar refractivity (Wildman–Crippen MR) is 168 cm³/mol. The summed E-state index contributed by atoms with van der Waals surface area (Å²) in [4.78, 5) is 20.9. The van der Waals surface area contributed by atoms with Crippen molar-refractivity contribution in [2.45, 2.75) is 101 Å². The monoisotopic (exact) mass is 674 g/mol. The molecule has 8 nitrogen and oxygen atoms in total. The maximum Gasteiger partial charge on any atom is 0.516 e. The average molecular weight is 675 g/mol. The number of sulfonamides is 1. The van der Waals surface area contributed by atoms with E-state index < -0.39 is 26.6 Å². The highest BCUT2D eigenvalue weighted by Gasteiger charge is 2.73. The number of nitrogens with one attached hydrogen (secondary N) is 1. The summed E-state index contributed by atoms with van der Waals surface area (Å²) in [5.74, 6) is 1.34. The van der Waals surface area contributed by atoms with Gasteiger partial charge in [0.05, 0.1) is 5.41 Å². The number of alkyl halides is 4. The van der Waals surface area contributed by atoms with Crippen molar-refractivity contribution in [3.05, 3.63) is 60.2 Å². The second-order valence-electron chi connectivity index (χ2n) is 15.5. The first-order valence-electron chi connectivity index (χ1n) is 16.0. The van der Waals surface area contributed by atoms with E-state index in [4.69, 9.17) is 9.51 Å². The fourth-order valence-corrected chi connectivity index (χ4v) is 8.72. The lowest BCUT2D eigenvalue weighted by atomic mass is 9.41. The molecule has 4 bridgehead atoms. The van der Waals surface area contributed by atoms with E-state index >= 15 is 0 Å². The van der Waals surface area contributed by atoms with E-state index in [2.05, 4.69) is 25.9 Å². The quantitative estimate of drug-likeness (QED) is 0.245. The van der Waals surface area contributed by atoms with Gasteiger partial charge in [-0.05, 0) is 98.6 Å². The molecule has 3 aromatic rings. The maximum absolute atomic E-state index is 14.6. The van der Waals surface area contributed by atoms with Gasteiger partial charge < -0.3 is 9.42 Å². The highest BCUT2D eigenvalue weighted by atomic mass is 32.2. The number of carbonyl (C=O) groups excluding carboxylic acids is 1. The van der Waals surface area contributed by atoms with E-state index in [1.54, 1.807) is 4.72 Å². The van der Waals surface area contributed by atoms with Crippen LogP contribution in [0, 0.1) is 10.8 Å². The van der Waals surface area contributed by atoms with Gasteiger partial charge in [-0.15, -0.1) is 0 Å². The van der Waals surface area contributed by atoms with Gasteiger partial charge in [0.2, 0.25) is 11.8 Å². The van der Waals surface area contributed by atoms with Gasteiger partial charge in [-0.2, -0.15) is 26.6 Å². The molecule has 6 aliphatic rings. The minimum atomic E-state index is -5.54. The molecule has 6 fully saturated rings. The summed E-state index contributed by atoms with van der Waals surface area (Å²) >= 11 is 0. The molecule has 0 atom stereocenters. The number of fused-ring (bicyclic) bond motifs is 3. The van der Waals surface area contributed by atoms with Gasteiger partial charge >= 0.3 is 15.5 Å². The van der Waals surface area contributed by atoms with Crippen LogP contribution in [0.3, 0.4) is 0 Å². The zero-order chi connectivity index (χ0) is 33.7. The molecule has 6 saturated carbocycles. The van der Waals surface area contributed by atoms with Crippen LogP contribution in [0.2, 0.25) is 0 Å². The molecule has 0 unspecified atom stereocenters. The molecule has 0 radical (unpaired) electrons. The second-order valence-corrected chi connectivity index (χ2v) is 17.2. The Balaban J connectivity index is 1.13. The lowest BCUT2D eigenvalue weighted by Crippen LogP contribution is -2.71. The lowest BCUT2D eigenvalue weighted by Gasteiger charge is -2.65. The first kappa shape index (κ1) is 32.1. The summed E-state index contributed by atoms with van der Waals surface area (Å²) in [5, 5.41) is 4.27. The van der Waals surface area contributed by atoms with Crippen LogP contribution >= 0.6 is 0 Å². The minimum absolute atomic E-state index is 0.0606. The molecular formula is C34H38F4N4O4S. The van der Waals surface area contributed by atoms with Crippen molar-refractivity contribution >= 4 is 27.3 Å². The highest BCUT2D eigenvalue weighted by molar-refractivity contribution is 7.93. The van der Waals surface area contributed by atoms with Crippen LogP contribution in [0.5, 0.6) is 0 Å². The Morgan fingerprint density at radius 2 is 1.55 bits per heavy atom. The molecule has 1 N–H and O–H groups in total. The standard InChI is InChI=1S/C34H38F4N4O4S/c1-29(2,3)26-39-27(46-40-26)31-14-11-30(12-15-31,13-16-31)21-42(28(43)32-18-33(35,19-32)20-32)25-6-4-5-23(17-25)22-7-9-24(10-8-22)41-47(44,45)34(36,37)38/h4-10,17,41H,11-16,18-21H2,1-3H3. The number of nitrogens with zero attached hydrogens (tertiary/aromatic N) is 3. The molecule has 1 amide bonds. The van der Waals surface area contributed by atoms with Crippen LogP contribution in [0.25, 0.3) is 11.1 Å². The van der Waals surface area contributed by atoms with E-state index in [0.29, 0.717) is 35.1 Å². The van der Waals surface area contributed by atoms with E-state index in [0.717, 1.165) is 38.5 Å². The van der Waals surface area contributed by atoms with Gasteiger partial charge in [0.25, 0.3) is 0 Å². The SMILES string of the molecule is CC(C)(C)c1noc(C23CCC(CN(C(=O)C45CC(F)(C4)C5)c4cccc(-c5ccc(NS(=O)(=O)C(F)(F)F)cc5)c4)(CC2)CC3)n1. The van der Waals surface area contributed by atoms with Gasteiger partial charge in [0.1, 0.15) is 5.67 Å². The molecule has 2 aromatic carbocycles. The molecule has 1 aromatic heterocycles. The Kier molecular flexibility index (Phi) is 7.00. The molecule has 6 aliphatic carbocycles. The number of amides is 1. The van der Waals surface area contributed by atoms with Crippen LogP contribution in [0.1, 0.15) is 90.3 Å². The van der Waals surface area contributed by atoms with Gasteiger partial charge in [-0.3, -0.25) is 9.52 Å². The van der Waals surface area contributed by atoms with Crippen molar-refractivity contribution in [1.29, 1.82) is 0 Å². The summed E-state index contributed by atoms with van der Waals surface area (Å²) in [6.45, 7) is 6.67. The van der Waals surface area contributed by atoms with Gasteiger partial charge in [0.15, 0.2) is 5.82 Å². The maximum atomic E-state index is 14.6. The number of rotatable bonds is 8. The van der Waals surface area contributed by atoms with Crippen LogP contribution < -0.4 is 9.62 Å². The Hall–Kier alpha value is -3.48. The van der Waals surface area contributed by atoms with Crippen molar-refractivity contribution in [1.82, 2.24) is 10.1 Å². The average Bonchev–Trinajstić information content (AvgIpc) is 3.51. The summed E-state index contributed by atoms with van der Waals surface area (Å²) in [6.07, 6.45) is 6.03. The molecule has 13 heteroatoms. The van der Waals surface area contributed by atoms with Crippen LogP contribution in [-0.2, 0) is 25.6 Å². The molecular weight excluding hydrogens is 636 g/mol. The van der Waals surface area contributed by atoms with Crippen molar-refractivity contribution in [3.63, 3.8) is 0 Å². The lowest BCUT2D eigenvalue weighted by molar-refractivity contribution is -0.211. The van der Waals surface area contributed by atoms with E-state index in [1.807, 2.05) is 29.2 Å². The van der Waals surface area contributed by atoms with Gasteiger partial charge in [-0.25, -0.2) is 4.39 Å². The number of carbonyl (C=O) groups is 1. The summed E-state index contributed by atoms with van der Waals surface area (Å²) < 4.78 is 83.5. The van der Waals surface area contributed by atoms with Crippen LogP contribution in [-0.4, -0.2) is 42.2 Å². The molecule has 1 heterocycles. The summed E-state index contributed by atoms with van der Waals surface area (Å²) in [5.41, 5.74) is -6.04. The molecule has 47 heavy (non-hydrogen) atoms. The van der Waals surface area contributed by atoms with Crippen molar-refractivity contribution in [3.8, 4) is 11.1 Å². The fraction of sp³-hybridized carbons (Fsp3) is 0.559. The molecule has 0 saturated heterocycles. The Morgan fingerprint density at radius 1 is 0.936 bits per heavy atom. The fourth-order valence-electron chi connectivity index (χ4n) is 8.15. The number of aromatic nitrogens is 2. The molecule has 0 spiro atoms. The van der Waals surface area contributed by atoms with E-state index in [-0.39, 0.29) is 47.1 Å². The second kappa shape index (κ2) is 10.3. The van der Waals surface area contributed by atoms with Gasteiger partial charge in [0, 0.05) is 28.7 Å². The van der Waals surface area contributed by atoms with Gasteiger partial charge in [-0.1, -0.05) is 50.2 Å². The zero-order valence-corrected chi connectivity index (χ0v) is 27.4. The Morgan fingerprint density at radius 3 is 2.09 bits per heavy atom. The van der Waals surface area contributed by atoms with Crippen LogP contribution in [0.15, 0.2) is 53.1 Å². The third-order valence-electron chi connectivity index (χ3n) is 11.0. The first-order chi connectivity index (χ1) is 21.9. The summed E-state index contributed by atoms with van der Waals surface area (Å²) in [6, 6.07) is 12.9. The normalized spacial score (nSPS) is 29.9. The molecule has 0 aliphatic heterocycles. The number of hydrogen-bond donors (Lipinski definition) is 1. The largest absolute Gasteiger partial charge is 0.516 e. The predicted octanol–water partition coefficient (Wildman–Crippen LogP) is 7.81. The summed E-state index contributed by atoms with van der Waals surface area (Å²) in [7, 11) is -5.54. The zero-order valence-electron chi connectivity index (χ0n) is 26.6. The first-order valence-corrected chi connectivity index (χ1v) is 17.5. The van der Waals surface area contributed by atoms with Crippen molar-refractivity contribution in [2.24, 2.45) is 10.8 Å². The smallest absolute Gasteiger partial charge is 0.339 e. The van der Waals surface area contributed by atoms with E-state index in [9.17, 15) is 30.8 Å². The molecule has 9 rings (SSSR count). The van der Waals surface area contributed by atoms with E-state index in [1.165, 1.54) is 24.3 Å². The minimum Gasteiger partial charge on any atom is -0.339 e. The Bertz CT molecular complexity index is 1790. The highest BCUT2D eigenvalue weighted by Crippen LogP contribution is 2.70. The van der Waals surface area contributed by atoms with Crippen LogP contribution in [0.4, 0.5) is 28.9 Å². The van der Waals surface area contributed by atoms with Crippen molar-refractivity contribution < 1.29 is 35.3 Å². The topological polar surface area (TPSA) is 105 Å². The number of halogens is 4. The number of anilines is 2.